The number of hydrogen-bond donors (Lipinski definition) is 1. The number of fused-ring (bicyclic) bond motifs is 1. The fourth-order valence-electron chi connectivity index (χ4n) is 2.74. The van der Waals surface area contributed by atoms with Crippen molar-refractivity contribution in [2.24, 2.45) is 0 Å². The first kappa shape index (κ1) is 20.3. The predicted molar refractivity (Wildman–Crippen MR) is 101 cm³/mol. The zero-order chi connectivity index (χ0) is 21.0. The molecule has 0 saturated heterocycles. The van der Waals surface area contributed by atoms with Crippen molar-refractivity contribution in [2.75, 3.05) is 5.32 Å². The third-order valence-corrected chi connectivity index (χ3v) is 4.21. The molecule has 1 atom stereocenters. The summed E-state index contributed by atoms with van der Waals surface area (Å²) in [7, 11) is 0. The Morgan fingerprint density at radius 2 is 1.76 bits per heavy atom. The summed E-state index contributed by atoms with van der Waals surface area (Å²) >= 11 is 0. The number of rotatable bonds is 5. The standard InChI is InChI=1S/C21H17F3N2O3/c1-13(20(28)26-17-9-7-16(8-10-17)21(22,23)24)29-18(27)12-15-5-2-4-14-6-3-11-25-19(14)15/h2-11,13H,12H2,1H3,(H,26,28). The molecule has 1 amide bonds. The second kappa shape index (κ2) is 8.30. The first-order chi connectivity index (χ1) is 13.7. The Balaban J connectivity index is 1.59. The summed E-state index contributed by atoms with van der Waals surface area (Å²) in [6.45, 7) is 1.39. The second-order valence-corrected chi connectivity index (χ2v) is 6.37. The first-order valence-corrected chi connectivity index (χ1v) is 8.74. The Kier molecular flexibility index (Phi) is 5.81. The topological polar surface area (TPSA) is 68.3 Å². The van der Waals surface area contributed by atoms with E-state index in [-0.39, 0.29) is 12.1 Å². The minimum atomic E-state index is -4.46. The number of nitrogens with zero attached hydrogens (tertiary/aromatic N) is 1. The number of halogens is 3. The van der Waals surface area contributed by atoms with Gasteiger partial charge in [-0.05, 0) is 42.8 Å². The van der Waals surface area contributed by atoms with Gasteiger partial charge in [0, 0.05) is 17.3 Å². The van der Waals surface area contributed by atoms with Crippen molar-refractivity contribution in [3.8, 4) is 0 Å². The summed E-state index contributed by atoms with van der Waals surface area (Å²) in [5.41, 5.74) is 0.695. The van der Waals surface area contributed by atoms with Crippen LogP contribution in [0.25, 0.3) is 10.9 Å². The van der Waals surface area contributed by atoms with E-state index in [1.165, 1.54) is 6.92 Å². The molecule has 1 unspecified atom stereocenters. The zero-order valence-electron chi connectivity index (χ0n) is 15.4. The van der Waals surface area contributed by atoms with Crippen LogP contribution >= 0.6 is 0 Å². The lowest BCUT2D eigenvalue weighted by atomic mass is 10.1. The Labute approximate surface area is 164 Å². The number of para-hydroxylation sites is 1. The highest BCUT2D eigenvalue weighted by Crippen LogP contribution is 2.29. The molecule has 2 aromatic carbocycles. The minimum Gasteiger partial charge on any atom is -0.452 e. The van der Waals surface area contributed by atoms with E-state index >= 15 is 0 Å². The Morgan fingerprint density at radius 1 is 1.07 bits per heavy atom. The van der Waals surface area contributed by atoms with Crippen LogP contribution in [0.1, 0.15) is 18.1 Å². The van der Waals surface area contributed by atoms with Crippen molar-refractivity contribution < 1.29 is 27.5 Å². The summed E-state index contributed by atoms with van der Waals surface area (Å²) < 4.78 is 42.9. The molecule has 1 heterocycles. The third kappa shape index (κ3) is 5.10. The van der Waals surface area contributed by atoms with Gasteiger partial charge in [-0.3, -0.25) is 14.6 Å². The van der Waals surface area contributed by atoms with E-state index < -0.39 is 29.7 Å². The summed E-state index contributed by atoms with van der Waals surface area (Å²) in [6, 6.07) is 13.1. The Morgan fingerprint density at radius 3 is 2.45 bits per heavy atom. The number of carbonyl (C=O) groups is 2. The lowest BCUT2D eigenvalue weighted by molar-refractivity contribution is -0.152. The number of carbonyl (C=O) groups excluding carboxylic acids is 2. The molecular formula is C21H17F3N2O3. The van der Waals surface area contributed by atoms with Gasteiger partial charge in [-0.2, -0.15) is 13.2 Å². The van der Waals surface area contributed by atoms with Crippen molar-refractivity contribution in [1.82, 2.24) is 4.98 Å². The van der Waals surface area contributed by atoms with Gasteiger partial charge < -0.3 is 10.1 Å². The molecule has 8 heteroatoms. The van der Waals surface area contributed by atoms with Crippen LogP contribution < -0.4 is 5.32 Å². The number of hydrogen-bond acceptors (Lipinski definition) is 4. The van der Waals surface area contributed by atoms with E-state index in [9.17, 15) is 22.8 Å². The fraction of sp³-hybridized carbons (Fsp3) is 0.190. The maximum absolute atomic E-state index is 12.6. The second-order valence-electron chi connectivity index (χ2n) is 6.37. The van der Waals surface area contributed by atoms with Gasteiger partial charge >= 0.3 is 12.1 Å². The predicted octanol–water partition coefficient (Wildman–Crippen LogP) is 4.37. The average Bonchev–Trinajstić information content (AvgIpc) is 2.68. The summed E-state index contributed by atoms with van der Waals surface area (Å²) in [4.78, 5) is 28.7. The van der Waals surface area contributed by atoms with E-state index in [2.05, 4.69) is 10.3 Å². The van der Waals surface area contributed by atoms with Crippen LogP contribution in [0.3, 0.4) is 0 Å². The van der Waals surface area contributed by atoms with Crippen LogP contribution in [0.4, 0.5) is 18.9 Å². The quantitative estimate of drug-likeness (QED) is 0.644. The molecule has 0 saturated carbocycles. The largest absolute Gasteiger partial charge is 0.452 e. The zero-order valence-corrected chi connectivity index (χ0v) is 15.4. The molecular weight excluding hydrogens is 385 g/mol. The van der Waals surface area contributed by atoms with Gasteiger partial charge in [-0.15, -0.1) is 0 Å². The van der Waals surface area contributed by atoms with E-state index in [1.807, 2.05) is 12.1 Å². The molecule has 0 aliphatic rings. The monoisotopic (exact) mass is 402 g/mol. The van der Waals surface area contributed by atoms with Crippen molar-refractivity contribution in [1.29, 1.82) is 0 Å². The van der Waals surface area contributed by atoms with E-state index in [0.717, 1.165) is 29.7 Å². The number of nitrogens with one attached hydrogen (secondary N) is 1. The molecule has 1 N–H and O–H groups in total. The van der Waals surface area contributed by atoms with Crippen molar-refractivity contribution >= 4 is 28.5 Å². The molecule has 29 heavy (non-hydrogen) atoms. The Bertz CT molecular complexity index is 1030. The lowest BCUT2D eigenvalue weighted by Gasteiger charge is -2.14. The highest BCUT2D eigenvalue weighted by molar-refractivity contribution is 5.95. The van der Waals surface area contributed by atoms with Crippen molar-refractivity contribution in [3.63, 3.8) is 0 Å². The first-order valence-electron chi connectivity index (χ1n) is 8.74. The average molecular weight is 402 g/mol. The summed E-state index contributed by atoms with van der Waals surface area (Å²) in [5.74, 6) is -1.26. The van der Waals surface area contributed by atoms with Crippen molar-refractivity contribution in [3.05, 3.63) is 71.9 Å². The van der Waals surface area contributed by atoms with Gasteiger partial charge in [0.25, 0.3) is 5.91 Å². The maximum Gasteiger partial charge on any atom is 0.416 e. The number of ether oxygens (including phenoxy) is 1. The number of alkyl halides is 3. The highest BCUT2D eigenvalue weighted by Gasteiger charge is 2.30. The van der Waals surface area contributed by atoms with Crippen LogP contribution in [0.5, 0.6) is 0 Å². The van der Waals surface area contributed by atoms with Gasteiger partial charge in [0.2, 0.25) is 0 Å². The summed E-state index contributed by atoms with van der Waals surface area (Å²) in [6.07, 6.45) is -4.02. The molecule has 0 radical (unpaired) electrons. The third-order valence-electron chi connectivity index (χ3n) is 4.21. The number of amides is 1. The van der Waals surface area contributed by atoms with E-state index in [0.29, 0.717) is 11.1 Å². The smallest absolute Gasteiger partial charge is 0.416 e. The Hall–Kier alpha value is -3.42. The number of benzene rings is 2. The van der Waals surface area contributed by atoms with Gasteiger partial charge in [0.15, 0.2) is 6.10 Å². The number of pyridine rings is 1. The van der Waals surface area contributed by atoms with Crippen LogP contribution in [0.2, 0.25) is 0 Å². The molecule has 150 valence electrons. The molecule has 0 aliphatic carbocycles. The van der Waals surface area contributed by atoms with Crippen LogP contribution in [-0.2, 0) is 26.9 Å². The van der Waals surface area contributed by atoms with Gasteiger partial charge in [-0.1, -0.05) is 24.3 Å². The number of esters is 1. The molecule has 0 fully saturated rings. The fourth-order valence-corrected chi connectivity index (χ4v) is 2.74. The van der Waals surface area contributed by atoms with Crippen LogP contribution in [0, 0.1) is 0 Å². The van der Waals surface area contributed by atoms with E-state index in [4.69, 9.17) is 4.74 Å². The SMILES string of the molecule is CC(OC(=O)Cc1cccc2cccnc12)C(=O)Nc1ccc(C(F)(F)F)cc1. The van der Waals surface area contributed by atoms with E-state index in [1.54, 1.807) is 24.4 Å². The molecule has 0 spiro atoms. The molecule has 3 aromatic rings. The maximum atomic E-state index is 12.6. The minimum absolute atomic E-state index is 0.0632. The molecule has 0 aliphatic heterocycles. The normalized spacial score (nSPS) is 12.4. The van der Waals surface area contributed by atoms with Gasteiger partial charge in [0.05, 0.1) is 17.5 Å². The molecule has 5 nitrogen and oxygen atoms in total. The number of aromatic nitrogens is 1. The highest BCUT2D eigenvalue weighted by atomic mass is 19.4. The molecule has 0 bridgehead atoms. The van der Waals surface area contributed by atoms with Gasteiger partial charge in [-0.25, -0.2) is 0 Å². The van der Waals surface area contributed by atoms with Gasteiger partial charge in [0.1, 0.15) is 0 Å². The lowest BCUT2D eigenvalue weighted by Crippen LogP contribution is -2.30. The molecule has 1 aromatic heterocycles. The van der Waals surface area contributed by atoms with Crippen LogP contribution in [-0.4, -0.2) is 23.0 Å². The van der Waals surface area contributed by atoms with Crippen molar-refractivity contribution in [2.45, 2.75) is 25.6 Å². The summed E-state index contributed by atoms with van der Waals surface area (Å²) in [5, 5.41) is 3.30. The van der Waals surface area contributed by atoms with Crippen LogP contribution in [0.15, 0.2) is 60.8 Å². The molecule has 3 rings (SSSR count). The number of anilines is 1.